The smallest absolute Gasteiger partial charge is 0.236 e. The molecule has 5 heteroatoms. The van der Waals surface area contributed by atoms with E-state index in [1.807, 2.05) is 0 Å². The summed E-state index contributed by atoms with van der Waals surface area (Å²) in [5.41, 5.74) is 8.60. The second kappa shape index (κ2) is 6.20. The Bertz CT molecular complexity index is 605. The van der Waals surface area contributed by atoms with Crippen LogP contribution in [-0.4, -0.2) is 10.1 Å². The van der Waals surface area contributed by atoms with E-state index in [0.717, 1.165) is 37.2 Å². The average molecular weight is 303 g/mol. The maximum absolute atomic E-state index is 6.34. The number of hydrogen-bond acceptors (Lipinski definition) is 5. The fourth-order valence-electron chi connectivity index (χ4n) is 2.80. The van der Waals surface area contributed by atoms with Crippen LogP contribution >= 0.6 is 11.8 Å². The highest BCUT2D eigenvalue weighted by atomic mass is 32.2. The summed E-state index contributed by atoms with van der Waals surface area (Å²) in [6.45, 7) is 2.11. The fraction of sp³-hybridized carbons (Fsp3) is 0.500. The average Bonchev–Trinajstić information content (AvgIpc) is 3.09. The highest BCUT2D eigenvalue weighted by Crippen LogP contribution is 2.34. The van der Waals surface area contributed by atoms with Crippen molar-refractivity contribution in [3.05, 3.63) is 47.1 Å². The Labute approximate surface area is 129 Å². The van der Waals surface area contributed by atoms with Crippen LogP contribution in [0.4, 0.5) is 0 Å². The summed E-state index contributed by atoms with van der Waals surface area (Å²) in [4.78, 5) is 4.49. The van der Waals surface area contributed by atoms with Crippen LogP contribution < -0.4 is 5.73 Å². The molecule has 1 fully saturated rings. The predicted octanol–water partition coefficient (Wildman–Crippen LogP) is 3.54. The third-order valence-corrected chi connectivity index (χ3v) is 4.97. The number of aryl methyl sites for hydroxylation is 1. The van der Waals surface area contributed by atoms with Crippen LogP contribution in [0.15, 0.2) is 28.8 Å². The normalized spacial score (nSPS) is 17.2. The maximum atomic E-state index is 6.34. The molecule has 1 aromatic carbocycles. The molecule has 0 unspecified atom stereocenters. The molecule has 0 saturated heterocycles. The fourth-order valence-corrected chi connectivity index (χ4v) is 3.61. The van der Waals surface area contributed by atoms with E-state index in [2.05, 4.69) is 41.3 Å². The van der Waals surface area contributed by atoms with Gasteiger partial charge in [-0.1, -0.05) is 47.8 Å². The molecule has 1 aliphatic carbocycles. The molecule has 21 heavy (non-hydrogen) atoms. The van der Waals surface area contributed by atoms with Gasteiger partial charge in [-0.2, -0.15) is 4.98 Å². The highest BCUT2D eigenvalue weighted by molar-refractivity contribution is 7.97. The van der Waals surface area contributed by atoms with E-state index in [9.17, 15) is 0 Å². The molecule has 1 saturated carbocycles. The molecule has 0 amide bonds. The molecule has 4 nitrogen and oxygen atoms in total. The van der Waals surface area contributed by atoms with Gasteiger partial charge in [-0.3, -0.25) is 0 Å². The Hall–Kier alpha value is -1.33. The van der Waals surface area contributed by atoms with Gasteiger partial charge in [0.1, 0.15) is 0 Å². The molecule has 2 aromatic rings. The minimum absolute atomic E-state index is 0.358. The Morgan fingerprint density at radius 1 is 1.29 bits per heavy atom. The highest BCUT2D eigenvalue weighted by Gasteiger charge is 2.35. The van der Waals surface area contributed by atoms with Crippen molar-refractivity contribution in [3.63, 3.8) is 0 Å². The first kappa shape index (κ1) is 14.6. The van der Waals surface area contributed by atoms with Crippen molar-refractivity contribution in [1.82, 2.24) is 10.1 Å². The van der Waals surface area contributed by atoms with Crippen LogP contribution in [0.25, 0.3) is 0 Å². The third-order valence-electron chi connectivity index (χ3n) is 3.99. The van der Waals surface area contributed by atoms with Gasteiger partial charge in [-0.15, -0.1) is 11.8 Å². The first-order chi connectivity index (χ1) is 10.2. The van der Waals surface area contributed by atoms with Crippen molar-refractivity contribution in [2.75, 3.05) is 0 Å². The lowest BCUT2D eigenvalue weighted by Crippen LogP contribution is -2.34. The number of aromatic nitrogens is 2. The van der Waals surface area contributed by atoms with Crippen LogP contribution in [0.5, 0.6) is 0 Å². The molecule has 112 valence electrons. The minimum Gasteiger partial charge on any atom is -0.338 e. The quantitative estimate of drug-likeness (QED) is 0.915. The summed E-state index contributed by atoms with van der Waals surface area (Å²) in [5, 5.41) is 4.09. The predicted molar refractivity (Wildman–Crippen MR) is 84.8 cm³/mol. The molecule has 3 rings (SSSR count). The topological polar surface area (TPSA) is 64.9 Å². The van der Waals surface area contributed by atoms with Gasteiger partial charge in [0.25, 0.3) is 0 Å². The second-order valence-electron chi connectivity index (χ2n) is 5.86. The maximum Gasteiger partial charge on any atom is 0.236 e. The molecule has 1 aromatic heterocycles. The van der Waals surface area contributed by atoms with E-state index in [-0.39, 0.29) is 5.54 Å². The first-order valence-corrected chi connectivity index (χ1v) is 8.56. The van der Waals surface area contributed by atoms with Gasteiger partial charge >= 0.3 is 0 Å². The lowest BCUT2D eigenvalue weighted by Gasteiger charge is -2.17. The van der Waals surface area contributed by atoms with Gasteiger partial charge in [0.2, 0.25) is 5.89 Å². The van der Waals surface area contributed by atoms with E-state index in [4.69, 9.17) is 10.3 Å². The number of hydrogen-bond donors (Lipinski definition) is 1. The molecule has 0 aliphatic heterocycles. The third kappa shape index (κ3) is 3.47. The zero-order chi connectivity index (χ0) is 14.7. The van der Waals surface area contributed by atoms with Crippen molar-refractivity contribution in [3.8, 4) is 0 Å². The van der Waals surface area contributed by atoms with E-state index in [0.29, 0.717) is 11.7 Å². The number of thioether (sulfide) groups is 1. The summed E-state index contributed by atoms with van der Waals surface area (Å²) in [5.74, 6) is 3.05. The van der Waals surface area contributed by atoms with Gasteiger partial charge in [0.05, 0.1) is 11.3 Å². The van der Waals surface area contributed by atoms with Crippen LogP contribution in [0.3, 0.4) is 0 Å². The Kier molecular flexibility index (Phi) is 4.31. The van der Waals surface area contributed by atoms with Crippen molar-refractivity contribution in [2.24, 2.45) is 5.73 Å². The molecule has 1 aliphatic rings. The van der Waals surface area contributed by atoms with E-state index >= 15 is 0 Å². The molecular formula is C16H21N3OS. The van der Waals surface area contributed by atoms with Crippen LogP contribution in [0.2, 0.25) is 0 Å². The van der Waals surface area contributed by atoms with Gasteiger partial charge in [-0.05, 0) is 25.3 Å². The summed E-state index contributed by atoms with van der Waals surface area (Å²) < 4.78 is 5.34. The van der Waals surface area contributed by atoms with Crippen molar-refractivity contribution in [2.45, 2.75) is 49.7 Å². The molecular weight excluding hydrogens is 282 g/mol. The monoisotopic (exact) mass is 303 g/mol. The molecule has 1 heterocycles. The summed E-state index contributed by atoms with van der Waals surface area (Å²) in [6.07, 6.45) is 4.23. The molecule has 0 radical (unpaired) electrons. The lowest BCUT2D eigenvalue weighted by atomic mass is 9.99. The second-order valence-corrected chi connectivity index (χ2v) is 6.84. The van der Waals surface area contributed by atoms with Crippen LogP contribution in [0.1, 0.15) is 48.5 Å². The lowest BCUT2D eigenvalue weighted by molar-refractivity contribution is 0.355. The number of nitrogens with two attached hydrogens (primary N) is 1. The summed E-state index contributed by atoms with van der Waals surface area (Å²) >= 11 is 1.79. The standard InChI is InChI=1S/C16H21N3OS/c1-12-5-4-6-13(9-12)10-21-11-14-18-15(19-20-14)16(17)7-2-3-8-16/h4-6,9H,2-3,7-8,10-11,17H2,1H3. The Morgan fingerprint density at radius 2 is 2.10 bits per heavy atom. The number of nitrogens with zero attached hydrogens (tertiary/aromatic N) is 2. The zero-order valence-corrected chi connectivity index (χ0v) is 13.2. The first-order valence-electron chi connectivity index (χ1n) is 7.41. The van der Waals surface area contributed by atoms with Gasteiger partial charge in [0.15, 0.2) is 5.82 Å². The summed E-state index contributed by atoms with van der Waals surface area (Å²) in [7, 11) is 0. The van der Waals surface area contributed by atoms with Gasteiger partial charge in [-0.25, -0.2) is 0 Å². The van der Waals surface area contributed by atoms with Gasteiger partial charge in [0, 0.05) is 5.75 Å². The van der Waals surface area contributed by atoms with Crippen molar-refractivity contribution >= 4 is 11.8 Å². The Balaban J connectivity index is 1.55. The zero-order valence-electron chi connectivity index (χ0n) is 12.3. The number of rotatable bonds is 5. The summed E-state index contributed by atoms with van der Waals surface area (Å²) in [6, 6.07) is 8.56. The van der Waals surface area contributed by atoms with E-state index in [1.165, 1.54) is 11.1 Å². The van der Waals surface area contributed by atoms with Crippen LogP contribution in [-0.2, 0) is 17.0 Å². The van der Waals surface area contributed by atoms with Crippen molar-refractivity contribution in [1.29, 1.82) is 0 Å². The molecule has 0 bridgehead atoms. The van der Waals surface area contributed by atoms with Gasteiger partial charge < -0.3 is 10.3 Å². The largest absolute Gasteiger partial charge is 0.338 e. The molecule has 2 N–H and O–H groups in total. The van der Waals surface area contributed by atoms with E-state index in [1.54, 1.807) is 11.8 Å². The van der Waals surface area contributed by atoms with Crippen LogP contribution in [0, 0.1) is 6.92 Å². The SMILES string of the molecule is Cc1cccc(CSCc2nc(C3(N)CCCC3)no2)c1. The Morgan fingerprint density at radius 3 is 2.86 bits per heavy atom. The van der Waals surface area contributed by atoms with E-state index < -0.39 is 0 Å². The van der Waals surface area contributed by atoms with Crippen molar-refractivity contribution < 1.29 is 4.52 Å². The minimum atomic E-state index is -0.358. The molecule has 0 spiro atoms. The molecule has 0 atom stereocenters. The number of benzene rings is 1.